The van der Waals surface area contributed by atoms with Crippen molar-refractivity contribution in [3.05, 3.63) is 11.1 Å². The number of Topliss-reactive ketones (excluding diaryl/α,β-unsaturated/α-hetero) is 1. The van der Waals surface area contributed by atoms with Crippen LogP contribution >= 0.6 is 0 Å². The van der Waals surface area contributed by atoms with E-state index in [-0.39, 0.29) is 23.7 Å². The SMILES string of the molecule is CC1=C2C(O)C(=O)C3(C)C(O)CC4OC[C@H]4C3CC(O)(CC1)C2(C)C. The van der Waals surface area contributed by atoms with Crippen molar-refractivity contribution in [3.8, 4) is 0 Å². The van der Waals surface area contributed by atoms with Gasteiger partial charge in [0.15, 0.2) is 5.78 Å². The number of carbonyl (C=O) groups is 1. The summed E-state index contributed by atoms with van der Waals surface area (Å²) >= 11 is 0. The van der Waals surface area contributed by atoms with Crippen LogP contribution in [0.2, 0.25) is 0 Å². The molecule has 7 atom stereocenters. The Morgan fingerprint density at radius 1 is 1.20 bits per heavy atom. The van der Waals surface area contributed by atoms with Crippen LogP contribution in [-0.2, 0) is 9.53 Å². The van der Waals surface area contributed by atoms with Gasteiger partial charge >= 0.3 is 0 Å². The molecule has 6 unspecified atom stereocenters. The molecule has 0 spiro atoms. The van der Waals surface area contributed by atoms with E-state index in [1.54, 1.807) is 6.92 Å². The maximum Gasteiger partial charge on any atom is 0.174 e. The molecular formula is C20H30O5. The second kappa shape index (κ2) is 5.16. The van der Waals surface area contributed by atoms with Crippen molar-refractivity contribution >= 4 is 5.78 Å². The van der Waals surface area contributed by atoms with Crippen LogP contribution < -0.4 is 0 Å². The van der Waals surface area contributed by atoms with Crippen molar-refractivity contribution < 1.29 is 24.9 Å². The lowest BCUT2D eigenvalue weighted by Gasteiger charge is -2.61. The predicted molar refractivity (Wildman–Crippen MR) is 91.7 cm³/mol. The molecule has 3 N–H and O–H groups in total. The fourth-order valence-electron chi connectivity index (χ4n) is 6.18. The maximum absolute atomic E-state index is 13.4. The van der Waals surface area contributed by atoms with E-state index < -0.39 is 28.6 Å². The number of rotatable bonds is 0. The molecule has 4 rings (SSSR count). The molecule has 3 aliphatic carbocycles. The second-order valence-corrected chi connectivity index (χ2v) is 9.50. The molecule has 0 amide bonds. The number of hydrogen-bond acceptors (Lipinski definition) is 5. The van der Waals surface area contributed by atoms with E-state index >= 15 is 0 Å². The van der Waals surface area contributed by atoms with Gasteiger partial charge in [-0.2, -0.15) is 0 Å². The number of hydrogen-bond donors (Lipinski definition) is 3. The Labute approximate surface area is 149 Å². The van der Waals surface area contributed by atoms with Gasteiger partial charge < -0.3 is 20.1 Å². The third-order valence-electron chi connectivity index (χ3n) is 8.24. The fourth-order valence-corrected chi connectivity index (χ4v) is 6.18. The molecule has 1 saturated heterocycles. The van der Waals surface area contributed by atoms with Crippen molar-refractivity contribution in [3.63, 3.8) is 0 Å². The average molecular weight is 350 g/mol. The normalized spacial score (nSPS) is 51.8. The quantitative estimate of drug-likeness (QED) is 0.578. The highest BCUT2D eigenvalue weighted by molar-refractivity contribution is 5.92. The zero-order valence-corrected chi connectivity index (χ0v) is 15.6. The highest BCUT2D eigenvalue weighted by Crippen LogP contribution is 2.60. The van der Waals surface area contributed by atoms with Gasteiger partial charge in [-0.1, -0.05) is 19.4 Å². The van der Waals surface area contributed by atoms with Gasteiger partial charge in [0.2, 0.25) is 0 Å². The third-order valence-corrected chi connectivity index (χ3v) is 8.24. The van der Waals surface area contributed by atoms with Crippen molar-refractivity contribution in [2.24, 2.45) is 22.7 Å². The number of aliphatic hydroxyl groups excluding tert-OH is 2. The molecule has 5 nitrogen and oxygen atoms in total. The number of aliphatic hydroxyl groups is 3. The maximum atomic E-state index is 13.4. The molecule has 25 heavy (non-hydrogen) atoms. The number of allylic oxidation sites excluding steroid dienone is 1. The summed E-state index contributed by atoms with van der Waals surface area (Å²) in [6.07, 6.45) is 0.0513. The first kappa shape index (κ1) is 17.7. The van der Waals surface area contributed by atoms with Gasteiger partial charge in [-0.3, -0.25) is 4.79 Å². The third kappa shape index (κ3) is 2.01. The van der Waals surface area contributed by atoms with E-state index in [4.69, 9.17) is 4.74 Å². The molecule has 2 bridgehead atoms. The van der Waals surface area contributed by atoms with E-state index in [1.165, 1.54) is 0 Å². The Hall–Kier alpha value is -0.750. The first-order valence-electron chi connectivity index (χ1n) is 9.48. The number of ether oxygens (including phenoxy) is 1. The Balaban J connectivity index is 1.90. The molecular weight excluding hydrogens is 320 g/mol. The van der Waals surface area contributed by atoms with Gasteiger partial charge in [0, 0.05) is 17.8 Å². The average Bonchev–Trinajstić information content (AvgIpc) is 2.51. The van der Waals surface area contributed by atoms with Gasteiger partial charge in [0.1, 0.15) is 6.10 Å². The smallest absolute Gasteiger partial charge is 0.174 e. The fraction of sp³-hybridized carbons (Fsp3) is 0.850. The van der Waals surface area contributed by atoms with E-state index in [0.717, 1.165) is 5.57 Å². The van der Waals surface area contributed by atoms with E-state index in [2.05, 4.69) is 0 Å². The van der Waals surface area contributed by atoms with Crippen LogP contribution in [0.5, 0.6) is 0 Å². The predicted octanol–water partition coefficient (Wildman–Crippen LogP) is 1.59. The van der Waals surface area contributed by atoms with Crippen LogP contribution in [0.15, 0.2) is 11.1 Å². The summed E-state index contributed by atoms with van der Waals surface area (Å²) in [4.78, 5) is 13.4. The lowest BCUT2D eigenvalue weighted by Crippen LogP contribution is -2.68. The summed E-state index contributed by atoms with van der Waals surface area (Å²) in [7, 11) is 0. The largest absolute Gasteiger partial charge is 0.392 e. The Bertz CT molecular complexity index is 652. The van der Waals surface area contributed by atoms with Crippen LogP contribution in [0.25, 0.3) is 0 Å². The van der Waals surface area contributed by atoms with Crippen molar-refractivity contribution in [1.29, 1.82) is 0 Å². The van der Waals surface area contributed by atoms with Crippen LogP contribution in [0, 0.1) is 22.7 Å². The zero-order valence-electron chi connectivity index (χ0n) is 15.6. The van der Waals surface area contributed by atoms with Gasteiger partial charge in [0.05, 0.1) is 29.8 Å². The van der Waals surface area contributed by atoms with Gasteiger partial charge in [-0.05, 0) is 44.6 Å². The number of carbonyl (C=O) groups excluding carboxylic acids is 1. The zero-order chi connectivity index (χ0) is 18.4. The van der Waals surface area contributed by atoms with Crippen LogP contribution in [0.4, 0.5) is 0 Å². The molecule has 0 aromatic heterocycles. The van der Waals surface area contributed by atoms with Crippen molar-refractivity contribution in [1.82, 2.24) is 0 Å². The summed E-state index contributed by atoms with van der Waals surface area (Å²) < 4.78 is 5.61. The molecule has 3 fully saturated rings. The summed E-state index contributed by atoms with van der Waals surface area (Å²) in [5, 5.41) is 33.5. The van der Waals surface area contributed by atoms with Gasteiger partial charge in [0.25, 0.3) is 0 Å². The molecule has 2 saturated carbocycles. The molecule has 140 valence electrons. The highest BCUT2D eigenvalue weighted by Gasteiger charge is 2.65. The first-order chi connectivity index (χ1) is 11.5. The minimum Gasteiger partial charge on any atom is -0.392 e. The van der Waals surface area contributed by atoms with E-state index in [0.29, 0.717) is 37.9 Å². The van der Waals surface area contributed by atoms with Crippen LogP contribution in [0.1, 0.15) is 53.4 Å². The minimum atomic E-state index is -1.26. The van der Waals surface area contributed by atoms with Crippen LogP contribution in [0.3, 0.4) is 0 Å². The molecule has 4 aliphatic rings. The Morgan fingerprint density at radius 3 is 2.48 bits per heavy atom. The van der Waals surface area contributed by atoms with E-state index in [9.17, 15) is 20.1 Å². The van der Waals surface area contributed by atoms with Gasteiger partial charge in [-0.15, -0.1) is 0 Å². The standard InChI is InChI=1S/C20H30O5/c1-10-5-6-20(24)8-12-11-9-25-13(11)7-14(21)19(12,4)17(23)16(22)15(10)18(20,2)3/h11-14,16,21-22,24H,5-9H2,1-4H3/t11-,12?,13?,14?,16?,19?,20?/m0/s1. The molecule has 1 aliphatic heterocycles. The lowest BCUT2D eigenvalue weighted by atomic mass is 9.47. The van der Waals surface area contributed by atoms with Crippen molar-refractivity contribution in [2.45, 2.75) is 77.3 Å². The molecule has 0 radical (unpaired) electrons. The van der Waals surface area contributed by atoms with Gasteiger partial charge in [-0.25, -0.2) is 0 Å². The summed E-state index contributed by atoms with van der Waals surface area (Å²) in [6, 6.07) is 0. The first-order valence-corrected chi connectivity index (χ1v) is 9.48. The molecule has 1 heterocycles. The summed E-state index contributed by atoms with van der Waals surface area (Å²) in [5.74, 6) is -0.305. The monoisotopic (exact) mass is 350 g/mol. The summed E-state index contributed by atoms with van der Waals surface area (Å²) in [6.45, 7) is 8.19. The Morgan fingerprint density at radius 2 is 1.88 bits per heavy atom. The highest BCUT2D eigenvalue weighted by atomic mass is 16.5. The topological polar surface area (TPSA) is 87.0 Å². The molecule has 0 aromatic rings. The molecule has 5 heteroatoms. The van der Waals surface area contributed by atoms with E-state index in [1.807, 2.05) is 20.8 Å². The number of ketones is 1. The summed E-state index contributed by atoms with van der Waals surface area (Å²) in [5.41, 5.74) is -1.06. The Kier molecular flexibility index (Phi) is 3.64. The second-order valence-electron chi connectivity index (χ2n) is 9.50. The van der Waals surface area contributed by atoms with Crippen molar-refractivity contribution in [2.75, 3.05) is 6.61 Å². The number of fused-ring (bicyclic) bond motifs is 5. The lowest BCUT2D eigenvalue weighted by molar-refractivity contribution is -0.241. The molecule has 0 aromatic carbocycles. The minimum absolute atomic E-state index is 0.0375. The van der Waals surface area contributed by atoms with Crippen LogP contribution in [-0.4, -0.2) is 51.6 Å².